The van der Waals surface area contributed by atoms with E-state index in [1.54, 1.807) is 12.1 Å². The summed E-state index contributed by atoms with van der Waals surface area (Å²) < 4.78 is 23.2. The normalized spacial score (nSPS) is 11.7. The molecule has 0 amide bonds. The van der Waals surface area contributed by atoms with Crippen LogP contribution in [0, 0.1) is 13.8 Å². The average Bonchev–Trinajstić information content (AvgIpc) is 3.15. The summed E-state index contributed by atoms with van der Waals surface area (Å²) >= 11 is 13.2. The topological polar surface area (TPSA) is 240 Å². The highest BCUT2D eigenvalue weighted by atomic mass is 35.5. The largest absolute Gasteiger partial charge is 0.481 e. The van der Waals surface area contributed by atoms with E-state index in [9.17, 15) is 0 Å². The van der Waals surface area contributed by atoms with Crippen molar-refractivity contribution in [1.29, 1.82) is 0 Å². The molecule has 0 spiro atoms. The van der Waals surface area contributed by atoms with Crippen molar-refractivity contribution in [2.24, 2.45) is 33.6 Å². The molecule has 2 heterocycles. The highest BCUT2D eigenvalue weighted by Crippen LogP contribution is 2.34. The first-order valence-corrected chi connectivity index (χ1v) is 16.7. The maximum absolute atomic E-state index is 6.58. The number of hydrogen-bond acceptors (Lipinski definition) is 14. The summed E-state index contributed by atoms with van der Waals surface area (Å²) in [5.74, 6) is 23.4. The smallest absolute Gasteiger partial charge is 0.236 e. The van der Waals surface area contributed by atoms with Gasteiger partial charge < -0.3 is 52.1 Å². The lowest BCUT2D eigenvalue weighted by molar-refractivity contribution is 0.285. The average molecular weight is 756 g/mol. The van der Waals surface area contributed by atoms with Crippen LogP contribution in [-0.2, 0) is 26.3 Å². The Bertz CT molecular complexity index is 1760. The Labute approximate surface area is 312 Å². The summed E-state index contributed by atoms with van der Waals surface area (Å²) in [5, 5.41) is 14.1. The Morgan fingerprint density at radius 2 is 1.06 bits per heavy atom. The van der Waals surface area contributed by atoms with E-state index < -0.39 is 0 Å². The summed E-state index contributed by atoms with van der Waals surface area (Å²) in [7, 11) is 3.06. The molecule has 18 heteroatoms. The number of nitrogens with zero attached hydrogens (tertiary/aromatic N) is 4. The number of amidine groups is 2. The quantitative estimate of drug-likeness (QED) is 0.0335. The highest BCUT2D eigenvalue weighted by molar-refractivity contribution is 6.32. The minimum absolute atomic E-state index is 0.233. The van der Waals surface area contributed by atoms with Gasteiger partial charge in [-0.15, -0.1) is 0 Å². The van der Waals surface area contributed by atoms with E-state index >= 15 is 0 Å². The van der Waals surface area contributed by atoms with Crippen LogP contribution in [0.25, 0.3) is 11.1 Å². The molecule has 4 aromatic rings. The molecule has 2 aromatic heterocycles. The minimum atomic E-state index is 0.233. The van der Waals surface area contributed by atoms with Crippen LogP contribution in [0.5, 0.6) is 23.5 Å². The van der Waals surface area contributed by atoms with Crippen LogP contribution >= 0.6 is 23.2 Å². The van der Waals surface area contributed by atoms with Gasteiger partial charge in [0.1, 0.15) is 34.9 Å². The van der Waals surface area contributed by atoms with E-state index in [4.69, 9.17) is 65.5 Å². The number of rotatable bonds is 17. The second-order valence-corrected chi connectivity index (χ2v) is 12.1. The van der Waals surface area contributed by atoms with Gasteiger partial charge >= 0.3 is 0 Å². The van der Waals surface area contributed by atoms with Crippen molar-refractivity contribution in [2.45, 2.75) is 40.2 Å². The molecule has 0 bridgehead atoms. The summed E-state index contributed by atoms with van der Waals surface area (Å²) in [6.45, 7) is 5.96. The van der Waals surface area contributed by atoms with Crippen LogP contribution in [0.2, 0.25) is 10.0 Å². The number of nitrogens with two attached hydrogens (primary N) is 4. The van der Waals surface area contributed by atoms with Gasteiger partial charge in [0.15, 0.2) is 0 Å². The molecule has 0 unspecified atom stereocenters. The molecule has 0 saturated heterocycles. The number of ether oxygens (including phenoxy) is 4. The molecule has 12 N–H and O–H groups in total. The first kappa shape index (κ1) is 39.7. The molecule has 0 radical (unpaired) electrons. The first-order valence-electron chi connectivity index (χ1n) is 16.0. The number of nitrogens with one attached hydrogen (secondary N) is 4. The van der Waals surface area contributed by atoms with Crippen LogP contribution in [0.15, 0.2) is 58.7 Å². The molecule has 52 heavy (non-hydrogen) atoms. The first-order chi connectivity index (χ1) is 25.2. The molecule has 0 atom stereocenters. The molecule has 0 fully saturated rings. The zero-order valence-electron chi connectivity index (χ0n) is 29.3. The highest BCUT2D eigenvalue weighted by Gasteiger charge is 2.17. The number of hydrazine groups is 2. The Hall–Kier alpha value is -5.10. The van der Waals surface area contributed by atoms with Crippen molar-refractivity contribution in [3.05, 3.63) is 92.0 Å². The monoisotopic (exact) mass is 754 g/mol. The fourth-order valence-electron chi connectivity index (χ4n) is 5.25. The molecule has 0 aliphatic rings. The molecule has 0 aliphatic heterocycles. The molecule has 0 saturated carbocycles. The van der Waals surface area contributed by atoms with Crippen LogP contribution in [0.1, 0.15) is 33.4 Å². The zero-order chi connectivity index (χ0) is 37.6. The van der Waals surface area contributed by atoms with Crippen LogP contribution in [0.3, 0.4) is 0 Å². The Kier molecular flexibility index (Phi) is 14.9. The van der Waals surface area contributed by atoms with Crippen molar-refractivity contribution in [3.63, 3.8) is 0 Å². The van der Waals surface area contributed by atoms with Gasteiger partial charge in [-0.2, -0.15) is 20.2 Å². The van der Waals surface area contributed by atoms with Gasteiger partial charge in [-0.05, 0) is 59.4 Å². The maximum Gasteiger partial charge on any atom is 0.236 e. The fourth-order valence-corrected chi connectivity index (χ4v) is 5.71. The molecule has 16 nitrogen and oxygen atoms in total. The maximum atomic E-state index is 6.58. The SMILES string of the molecule is COc1nc(OCc2cccc(-c3cccc(COc4nc(OC)c(CNC/C(=N/N)NN)cc4Cl)c3C)c2C)c(Cl)cc1CNC/C(=N/N)NN. The molecule has 4 rings (SSSR count). The number of aromatic nitrogens is 2. The van der Waals surface area contributed by atoms with E-state index in [0.717, 1.165) is 44.5 Å². The third-order valence-corrected chi connectivity index (χ3v) is 8.67. The van der Waals surface area contributed by atoms with Crippen molar-refractivity contribution in [2.75, 3.05) is 27.3 Å². The van der Waals surface area contributed by atoms with Gasteiger partial charge in [0.25, 0.3) is 0 Å². The van der Waals surface area contributed by atoms with Crippen molar-refractivity contribution < 1.29 is 18.9 Å². The van der Waals surface area contributed by atoms with Gasteiger partial charge in [-0.3, -0.25) is 0 Å². The number of benzene rings is 2. The van der Waals surface area contributed by atoms with Crippen LogP contribution < -0.4 is 63.8 Å². The lowest BCUT2D eigenvalue weighted by atomic mass is 9.92. The van der Waals surface area contributed by atoms with Gasteiger partial charge in [0.05, 0.1) is 27.3 Å². The standard InChI is InChI=1S/C34H44Cl2N12O4/c1-19-21(17-51-33-27(35)11-23(31(43-33)49-3)13-41-15-29(45-37)46-38)7-5-9-25(19)26-10-6-8-22(20(26)2)18-52-34-28(36)12-24(32(44-34)50-4)14-42-16-30(47-39)48-40/h5-12,41-42H,13-18,37-40H2,1-4H3,(H,45,46)(H,47,48). The zero-order valence-corrected chi connectivity index (χ0v) is 30.9. The van der Waals surface area contributed by atoms with E-state index in [-0.39, 0.29) is 25.0 Å². The van der Waals surface area contributed by atoms with Crippen molar-refractivity contribution in [1.82, 2.24) is 31.5 Å². The number of pyridine rings is 2. The Morgan fingerprint density at radius 1 is 0.654 bits per heavy atom. The van der Waals surface area contributed by atoms with E-state index in [2.05, 4.69) is 67.6 Å². The molecule has 278 valence electrons. The van der Waals surface area contributed by atoms with Gasteiger partial charge in [0, 0.05) is 24.2 Å². The van der Waals surface area contributed by atoms with E-state index in [0.29, 0.717) is 59.7 Å². The number of halogens is 2. The lowest BCUT2D eigenvalue weighted by Gasteiger charge is -2.18. The van der Waals surface area contributed by atoms with Gasteiger partial charge in [0.2, 0.25) is 23.5 Å². The fraction of sp³-hybridized carbons (Fsp3) is 0.294. The second kappa shape index (κ2) is 19.5. The third-order valence-electron chi connectivity index (χ3n) is 8.12. The second-order valence-electron chi connectivity index (χ2n) is 11.3. The predicted molar refractivity (Wildman–Crippen MR) is 203 cm³/mol. The molecule has 2 aromatic carbocycles. The number of hydrazone groups is 2. The van der Waals surface area contributed by atoms with Crippen LogP contribution in [0.4, 0.5) is 0 Å². The predicted octanol–water partition coefficient (Wildman–Crippen LogP) is 2.89. The number of methoxy groups -OCH3 is 2. The van der Waals surface area contributed by atoms with Crippen molar-refractivity contribution >= 4 is 34.9 Å². The molecular weight excluding hydrogens is 711 g/mol. The summed E-state index contributed by atoms with van der Waals surface area (Å²) in [4.78, 5) is 9.01. The Balaban J connectivity index is 1.46. The van der Waals surface area contributed by atoms with Crippen LogP contribution in [-0.4, -0.2) is 48.9 Å². The minimum Gasteiger partial charge on any atom is -0.481 e. The van der Waals surface area contributed by atoms with Crippen molar-refractivity contribution in [3.8, 4) is 34.6 Å². The Morgan fingerprint density at radius 3 is 1.40 bits per heavy atom. The van der Waals surface area contributed by atoms with E-state index in [1.807, 2.05) is 24.3 Å². The molecular formula is C34H44Cl2N12O4. The number of hydrogen-bond donors (Lipinski definition) is 8. The summed E-state index contributed by atoms with van der Waals surface area (Å²) in [6, 6.07) is 15.6. The van der Waals surface area contributed by atoms with Gasteiger partial charge in [-0.1, -0.05) is 59.6 Å². The summed E-state index contributed by atoms with van der Waals surface area (Å²) in [5.41, 5.74) is 12.4. The third kappa shape index (κ3) is 10.0. The molecule has 0 aliphatic carbocycles. The van der Waals surface area contributed by atoms with Gasteiger partial charge in [-0.25, -0.2) is 11.7 Å². The summed E-state index contributed by atoms with van der Waals surface area (Å²) in [6.07, 6.45) is 0. The lowest BCUT2D eigenvalue weighted by Crippen LogP contribution is -2.38. The van der Waals surface area contributed by atoms with E-state index in [1.165, 1.54) is 14.2 Å².